The number of carbonyl (C=O) groups excluding carboxylic acids is 2. The molecule has 0 aromatic rings. The molecule has 2 N–H and O–H groups in total. The highest BCUT2D eigenvalue weighted by Crippen LogP contribution is 2.27. The number of hydrogen-bond acceptors (Lipinski definition) is 3. The number of aliphatic hydroxyl groups excluding tert-OH is 1. The SMILES string of the molecule is CCCCCCCCCCCCNC(=O)CC1=C(O)C2C=CC=CC2=NC1=O. The van der Waals surface area contributed by atoms with Crippen LogP contribution in [0.2, 0.25) is 0 Å². The second kappa shape index (κ2) is 12.3. The van der Waals surface area contributed by atoms with Crippen molar-refractivity contribution in [2.45, 2.75) is 77.6 Å². The third-order valence-corrected chi connectivity index (χ3v) is 5.28. The largest absolute Gasteiger partial charge is 0.511 e. The van der Waals surface area contributed by atoms with Gasteiger partial charge in [-0.05, 0) is 12.5 Å². The zero-order valence-corrected chi connectivity index (χ0v) is 17.1. The Morgan fingerprint density at radius 2 is 1.68 bits per heavy atom. The Labute approximate surface area is 168 Å². The van der Waals surface area contributed by atoms with Gasteiger partial charge in [0.2, 0.25) is 5.91 Å². The van der Waals surface area contributed by atoms with Crippen molar-refractivity contribution in [3.05, 3.63) is 35.6 Å². The molecule has 1 aliphatic heterocycles. The van der Waals surface area contributed by atoms with Crippen LogP contribution in [0.5, 0.6) is 0 Å². The minimum atomic E-state index is -0.516. The van der Waals surface area contributed by atoms with Crippen molar-refractivity contribution in [2.75, 3.05) is 6.54 Å². The van der Waals surface area contributed by atoms with Gasteiger partial charge in [0.05, 0.1) is 23.6 Å². The fraction of sp³-hybridized carbons (Fsp3) is 0.609. The van der Waals surface area contributed by atoms with Crippen LogP contribution in [0.15, 0.2) is 40.6 Å². The molecule has 154 valence electrons. The molecule has 28 heavy (non-hydrogen) atoms. The molecule has 2 rings (SSSR count). The van der Waals surface area contributed by atoms with Crippen LogP contribution in [-0.4, -0.2) is 29.2 Å². The van der Waals surface area contributed by atoms with Crippen molar-refractivity contribution in [2.24, 2.45) is 10.9 Å². The molecular weight excluding hydrogens is 352 g/mol. The van der Waals surface area contributed by atoms with Gasteiger partial charge >= 0.3 is 0 Å². The van der Waals surface area contributed by atoms with E-state index in [1.54, 1.807) is 24.3 Å². The van der Waals surface area contributed by atoms with Crippen molar-refractivity contribution < 1.29 is 14.7 Å². The van der Waals surface area contributed by atoms with E-state index in [0.29, 0.717) is 12.3 Å². The Hall–Kier alpha value is -2.17. The van der Waals surface area contributed by atoms with Crippen LogP contribution in [0.1, 0.15) is 77.6 Å². The number of aliphatic imine (C=N–C) groups is 1. The quantitative estimate of drug-likeness (QED) is 0.440. The summed E-state index contributed by atoms with van der Waals surface area (Å²) in [6, 6.07) is 0. The molecule has 0 saturated carbocycles. The summed E-state index contributed by atoms with van der Waals surface area (Å²) in [5.41, 5.74) is 0.633. The Balaban J connectivity index is 1.58. The zero-order chi connectivity index (χ0) is 20.2. The van der Waals surface area contributed by atoms with Crippen LogP contribution in [0.4, 0.5) is 0 Å². The van der Waals surface area contributed by atoms with Crippen molar-refractivity contribution in [1.29, 1.82) is 0 Å². The number of allylic oxidation sites excluding steroid dienone is 4. The number of carbonyl (C=O) groups is 2. The fourth-order valence-electron chi connectivity index (χ4n) is 3.58. The average molecular weight is 387 g/mol. The number of dihydropyridines is 1. The van der Waals surface area contributed by atoms with Gasteiger partial charge in [-0.25, -0.2) is 4.99 Å². The van der Waals surface area contributed by atoms with Gasteiger partial charge < -0.3 is 10.4 Å². The van der Waals surface area contributed by atoms with E-state index in [0.717, 1.165) is 12.8 Å². The highest BCUT2D eigenvalue weighted by atomic mass is 16.3. The highest BCUT2D eigenvalue weighted by Gasteiger charge is 2.30. The standard InChI is InChI=1S/C23H34N2O3/c1-2-3-4-5-6-7-8-9-10-13-16-24-21(26)17-19-22(27)18-14-11-12-15-20(18)25-23(19)28/h11-12,14-15,18,27H,2-10,13,16-17H2,1H3,(H,24,26). The van der Waals surface area contributed by atoms with Crippen LogP contribution in [0, 0.1) is 5.92 Å². The number of unbranched alkanes of at least 4 members (excludes halogenated alkanes) is 9. The third kappa shape index (κ3) is 7.10. The molecule has 0 radical (unpaired) electrons. The van der Waals surface area contributed by atoms with E-state index in [1.165, 1.54) is 51.4 Å². The Bertz CT molecular complexity index is 659. The van der Waals surface area contributed by atoms with Gasteiger partial charge in [0.15, 0.2) is 0 Å². The van der Waals surface area contributed by atoms with Crippen LogP contribution in [0.3, 0.4) is 0 Å². The average Bonchev–Trinajstić information content (AvgIpc) is 2.69. The predicted octanol–water partition coefficient (Wildman–Crippen LogP) is 4.95. The van der Waals surface area contributed by atoms with E-state index in [-0.39, 0.29) is 23.7 Å². The molecule has 1 unspecified atom stereocenters. The van der Waals surface area contributed by atoms with E-state index in [1.807, 2.05) is 0 Å². The van der Waals surface area contributed by atoms with Crippen LogP contribution in [-0.2, 0) is 9.59 Å². The first-order valence-electron chi connectivity index (χ1n) is 10.8. The van der Waals surface area contributed by atoms with Crippen molar-refractivity contribution >= 4 is 17.5 Å². The summed E-state index contributed by atoms with van der Waals surface area (Å²) in [7, 11) is 0. The van der Waals surface area contributed by atoms with E-state index in [4.69, 9.17) is 0 Å². The fourth-order valence-corrected chi connectivity index (χ4v) is 3.58. The summed E-state index contributed by atoms with van der Waals surface area (Å²) in [6.07, 6.45) is 19.5. The molecule has 0 aromatic carbocycles. The molecule has 2 aliphatic rings. The summed E-state index contributed by atoms with van der Waals surface area (Å²) < 4.78 is 0. The van der Waals surface area contributed by atoms with Crippen molar-refractivity contribution in [1.82, 2.24) is 5.32 Å². The topological polar surface area (TPSA) is 78.8 Å². The first-order valence-corrected chi connectivity index (χ1v) is 10.8. The second-order valence-corrected chi connectivity index (χ2v) is 7.64. The maximum atomic E-state index is 12.1. The first-order chi connectivity index (χ1) is 13.6. The number of rotatable bonds is 13. The number of amides is 2. The molecule has 0 spiro atoms. The monoisotopic (exact) mass is 386 g/mol. The van der Waals surface area contributed by atoms with Gasteiger partial charge in [-0.1, -0.05) is 82.9 Å². The van der Waals surface area contributed by atoms with Gasteiger partial charge in [0.25, 0.3) is 5.91 Å². The van der Waals surface area contributed by atoms with Gasteiger partial charge in [-0.2, -0.15) is 0 Å². The lowest BCUT2D eigenvalue weighted by atomic mass is 9.89. The van der Waals surface area contributed by atoms with Gasteiger partial charge in [-0.15, -0.1) is 0 Å². The Morgan fingerprint density at radius 3 is 2.36 bits per heavy atom. The second-order valence-electron chi connectivity index (χ2n) is 7.64. The molecule has 0 bridgehead atoms. The van der Waals surface area contributed by atoms with Crippen LogP contribution < -0.4 is 5.32 Å². The van der Waals surface area contributed by atoms with E-state index in [9.17, 15) is 14.7 Å². The number of fused-ring (bicyclic) bond motifs is 1. The third-order valence-electron chi connectivity index (χ3n) is 5.28. The number of nitrogens with zero attached hydrogens (tertiary/aromatic N) is 1. The van der Waals surface area contributed by atoms with E-state index < -0.39 is 11.8 Å². The minimum absolute atomic E-state index is 0.0512. The first kappa shape index (κ1) is 22.1. The lowest BCUT2D eigenvalue weighted by molar-refractivity contribution is -0.122. The molecule has 5 heteroatoms. The molecule has 1 heterocycles. The summed E-state index contributed by atoms with van der Waals surface area (Å²) >= 11 is 0. The number of hydrogen-bond donors (Lipinski definition) is 2. The Kier molecular flexibility index (Phi) is 9.73. The number of nitrogens with one attached hydrogen (secondary N) is 1. The zero-order valence-electron chi connectivity index (χ0n) is 17.1. The lowest BCUT2D eigenvalue weighted by Crippen LogP contribution is -2.30. The van der Waals surface area contributed by atoms with Crippen molar-refractivity contribution in [3.8, 4) is 0 Å². The van der Waals surface area contributed by atoms with Crippen molar-refractivity contribution in [3.63, 3.8) is 0 Å². The lowest BCUT2D eigenvalue weighted by Gasteiger charge is -2.21. The van der Waals surface area contributed by atoms with Gasteiger partial charge in [-0.3, -0.25) is 9.59 Å². The normalized spacial score (nSPS) is 18.2. The molecule has 1 aliphatic carbocycles. The summed E-state index contributed by atoms with van der Waals surface area (Å²) in [4.78, 5) is 28.2. The molecular formula is C23H34N2O3. The van der Waals surface area contributed by atoms with Gasteiger partial charge in [0, 0.05) is 6.54 Å². The highest BCUT2D eigenvalue weighted by molar-refractivity contribution is 6.14. The predicted molar refractivity (Wildman–Crippen MR) is 113 cm³/mol. The maximum Gasteiger partial charge on any atom is 0.277 e. The van der Waals surface area contributed by atoms with E-state index >= 15 is 0 Å². The summed E-state index contributed by atoms with van der Waals surface area (Å²) in [5, 5.41) is 13.2. The van der Waals surface area contributed by atoms with E-state index in [2.05, 4.69) is 17.2 Å². The molecule has 2 amide bonds. The number of aliphatic hydroxyl groups is 1. The Morgan fingerprint density at radius 1 is 1.04 bits per heavy atom. The summed E-state index contributed by atoms with van der Waals surface area (Å²) in [6.45, 7) is 2.85. The molecule has 0 saturated heterocycles. The van der Waals surface area contributed by atoms with Crippen LogP contribution in [0.25, 0.3) is 0 Å². The van der Waals surface area contributed by atoms with Crippen LogP contribution >= 0.6 is 0 Å². The molecule has 0 fully saturated rings. The maximum absolute atomic E-state index is 12.1. The smallest absolute Gasteiger partial charge is 0.277 e. The minimum Gasteiger partial charge on any atom is -0.511 e. The molecule has 1 atom stereocenters. The molecule has 5 nitrogen and oxygen atoms in total. The summed E-state index contributed by atoms with van der Waals surface area (Å²) in [5.74, 6) is -1.21. The van der Waals surface area contributed by atoms with Gasteiger partial charge in [0.1, 0.15) is 5.76 Å². The molecule has 0 aromatic heterocycles.